The maximum Gasteiger partial charge on any atom is 0.322 e. The van der Waals surface area contributed by atoms with Crippen LogP contribution in [0.15, 0.2) is 0 Å². The summed E-state index contributed by atoms with van der Waals surface area (Å²) in [6, 6.07) is 0.245. The van der Waals surface area contributed by atoms with Gasteiger partial charge in [-0.25, -0.2) is 0 Å². The van der Waals surface area contributed by atoms with Crippen molar-refractivity contribution in [3.63, 3.8) is 0 Å². The van der Waals surface area contributed by atoms with Crippen molar-refractivity contribution < 1.29 is 9.47 Å². The van der Waals surface area contributed by atoms with Crippen LogP contribution in [-0.4, -0.2) is 40.3 Å². The minimum absolute atomic E-state index is 0.00166. The average Bonchev–Trinajstić information content (AvgIpc) is 2.80. The molecule has 19 heavy (non-hydrogen) atoms. The molecule has 0 aliphatic carbocycles. The van der Waals surface area contributed by atoms with Gasteiger partial charge in [-0.05, 0) is 44.7 Å². The highest BCUT2D eigenvalue weighted by Gasteiger charge is 2.15. The number of nitrogens with zero attached hydrogens (tertiary/aromatic N) is 3. The summed E-state index contributed by atoms with van der Waals surface area (Å²) in [5, 5.41) is 3.25. The first-order chi connectivity index (χ1) is 9.13. The summed E-state index contributed by atoms with van der Waals surface area (Å²) in [5.41, 5.74) is 0. The van der Waals surface area contributed by atoms with Gasteiger partial charge in [0.05, 0.1) is 12.2 Å². The van der Waals surface area contributed by atoms with E-state index >= 15 is 0 Å². The fraction of sp³-hybridized carbons (Fsp3) is 0.750. The lowest BCUT2D eigenvalue weighted by Crippen LogP contribution is -2.15. The van der Waals surface area contributed by atoms with Gasteiger partial charge in [0, 0.05) is 13.2 Å². The number of aromatic nitrogens is 3. The quantitative estimate of drug-likeness (QED) is 0.865. The topological polar surface area (TPSA) is 69.2 Å². The highest BCUT2D eigenvalue weighted by Crippen LogP contribution is 2.16. The fourth-order valence-electron chi connectivity index (χ4n) is 1.89. The molecule has 7 heteroatoms. The molecule has 1 aromatic heterocycles. The molecule has 0 saturated carbocycles. The van der Waals surface area contributed by atoms with Crippen LogP contribution < -0.4 is 10.1 Å². The second-order valence-electron chi connectivity index (χ2n) is 4.73. The molecule has 1 aliphatic heterocycles. The summed E-state index contributed by atoms with van der Waals surface area (Å²) in [4.78, 5) is 12.1. The van der Waals surface area contributed by atoms with Gasteiger partial charge in [0.25, 0.3) is 0 Å². The van der Waals surface area contributed by atoms with Crippen molar-refractivity contribution in [3.05, 3.63) is 5.28 Å². The predicted octanol–water partition coefficient (Wildman–Crippen LogP) is 2.29. The van der Waals surface area contributed by atoms with Crippen molar-refractivity contribution in [2.24, 2.45) is 0 Å². The van der Waals surface area contributed by atoms with Crippen LogP contribution in [0, 0.1) is 0 Å². The van der Waals surface area contributed by atoms with E-state index in [1.807, 2.05) is 13.8 Å². The van der Waals surface area contributed by atoms with Crippen molar-refractivity contribution in [2.45, 2.75) is 45.3 Å². The Labute approximate surface area is 117 Å². The SMILES string of the molecule is CC(C)Oc1nc(Cl)nc(NCCC2CCCO2)n1. The number of hydrogen-bond acceptors (Lipinski definition) is 6. The Morgan fingerprint density at radius 1 is 1.42 bits per heavy atom. The highest BCUT2D eigenvalue weighted by atomic mass is 35.5. The number of ether oxygens (including phenoxy) is 2. The fourth-order valence-corrected chi connectivity index (χ4v) is 2.04. The van der Waals surface area contributed by atoms with E-state index in [0.29, 0.717) is 12.1 Å². The van der Waals surface area contributed by atoms with E-state index in [1.165, 1.54) is 0 Å². The van der Waals surface area contributed by atoms with Crippen LogP contribution in [0.2, 0.25) is 5.28 Å². The average molecular weight is 287 g/mol. The highest BCUT2D eigenvalue weighted by molar-refractivity contribution is 6.28. The van der Waals surface area contributed by atoms with Crippen LogP contribution in [0.5, 0.6) is 6.01 Å². The zero-order valence-electron chi connectivity index (χ0n) is 11.2. The van der Waals surface area contributed by atoms with E-state index in [2.05, 4.69) is 20.3 Å². The van der Waals surface area contributed by atoms with E-state index < -0.39 is 0 Å². The Kier molecular flexibility index (Phi) is 5.15. The summed E-state index contributed by atoms with van der Waals surface area (Å²) in [5.74, 6) is 0.439. The number of nitrogens with one attached hydrogen (secondary N) is 1. The van der Waals surface area contributed by atoms with Gasteiger partial charge < -0.3 is 14.8 Å². The van der Waals surface area contributed by atoms with Crippen LogP contribution in [0.4, 0.5) is 5.95 Å². The van der Waals surface area contributed by atoms with E-state index in [0.717, 1.165) is 32.4 Å². The molecule has 1 unspecified atom stereocenters. The first-order valence-electron chi connectivity index (χ1n) is 6.57. The van der Waals surface area contributed by atoms with Gasteiger partial charge in [-0.1, -0.05) is 0 Å². The summed E-state index contributed by atoms with van der Waals surface area (Å²) >= 11 is 5.83. The number of rotatable bonds is 6. The normalized spacial score (nSPS) is 18.8. The molecule has 1 fully saturated rings. The summed E-state index contributed by atoms with van der Waals surface area (Å²) in [6.07, 6.45) is 3.55. The van der Waals surface area contributed by atoms with Gasteiger partial charge in [-0.3, -0.25) is 0 Å². The Bertz CT molecular complexity index is 411. The van der Waals surface area contributed by atoms with Crippen molar-refractivity contribution in [3.8, 4) is 6.01 Å². The molecule has 1 N–H and O–H groups in total. The zero-order chi connectivity index (χ0) is 13.7. The molecule has 0 radical (unpaired) electrons. The molecule has 0 bridgehead atoms. The first kappa shape index (κ1) is 14.3. The molecule has 6 nitrogen and oxygen atoms in total. The summed E-state index contributed by atoms with van der Waals surface area (Å²) in [7, 11) is 0. The lowest BCUT2D eigenvalue weighted by atomic mass is 10.2. The van der Waals surface area contributed by atoms with Crippen molar-refractivity contribution >= 4 is 17.5 Å². The zero-order valence-corrected chi connectivity index (χ0v) is 12.0. The van der Waals surface area contributed by atoms with E-state index in [9.17, 15) is 0 Å². The molecule has 1 saturated heterocycles. The predicted molar refractivity (Wildman–Crippen MR) is 72.7 cm³/mol. The lowest BCUT2D eigenvalue weighted by molar-refractivity contribution is 0.107. The maximum atomic E-state index is 5.83. The van der Waals surface area contributed by atoms with E-state index in [4.69, 9.17) is 21.1 Å². The number of hydrogen-bond donors (Lipinski definition) is 1. The molecule has 2 rings (SSSR count). The molecule has 0 amide bonds. The molecular formula is C12H19ClN4O2. The van der Waals surface area contributed by atoms with Crippen LogP contribution >= 0.6 is 11.6 Å². The molecule has 2 heterocycles. The van der Waals surface area contributed by atoms with Gasteiger partial charge in [-0.15, -0.1) is 0 Å². The molecule has 0 spiro atoms. The van der Waals surface area contributed by atoms with Crippen molar-refractivity contribution in [1.29, 1.82) is 0 Å². The second kappa shape index (κ2) is 6.86. The van der Waals surface area contributed by atoms with E-state index in [1.54, 1.807) is 0 Å². The summed E-state index contributed by atoms with van der Waals surface area (Å²) < 4.78 is 11.0. The van der Waals surface area contributed by atoms with Crippen LogP contribution in [0.3, 0.4) is 0 Å². The third kappa shape index (κ3) is 4.80. The third-order valence-electron chi connectivity index (χ3n) is 2.70. The molecule has 1 aromatic rings. The summed E-state index contributed by atoms with van der Waals surface area (Å²) in [6.45, 7) is 5.42. The Morgan fingerprint density at radius 3 is 2.95 bits per heavy atom. The Morgan fingerprint density at radius 2 is 2.26 bits per heavy atom. The number of anilines is 1. The van der Waals surface area contributed by atoms with Crippen LogP contribution in [0.1, 0.15) is 33.1 Å². The molecule has 0 aromatic carbocycles. The minimum atomic E-state index is -0.00166. The molecule has 106 valence electrons. The molecule has 1 atom stereocenters. The van der Waals surface area contributed by atoms with Gasteiger partial charge in [0.15, 0.2) is 0 Å². The smallest absolute Gasteiger partial charge is 0.322 e. The standard InChI is InChI=1S/C12H19ClN4O2/c1-8(2)19-12-16-10(13)15-11(17-12)14-6-5-9-4-3-7-18-9/h8-9H,3-7H2,1-2H3,(H,14,15,16,17). The van der Waals surface area contributed by atoms with Crippen LogP contribution in [0.25, 0.3) is 0 Å². The third-order valence-corrected chi connectivity index (χ3v) is 2.87. The first-order valence-corrected chi connectivity index (χ1v) is 6.95. The molecular weight excluding hydrogens is 268 g/mol. The maximum absolute atomic E-state index is 5.83. The monoisotopic (exact) mass is 286 g/mol. The van der Waals surface area contributed by atoms with Gasteiger partial charge in [-0.2, -0.15) is 15.0 Å². The van der Waals surface area contributed by atoms with Crippen LogP contribution in [-0.2, 0) is 4.74 Å². The van der Waals surface area contributed by atoms with Crippen molar-refractivity contribution in [2.75, 3.05) is 18.5 Å². The largest absolute Gasteiger partial charge is 0.461 e. The van der Waals surface area contributed by atoms with Gasteiger partial charge in [0.2, 0.25) is 11.2 Å². The Balaban J connectivity index is 1.86. The van der Waals surface area contributed by atoms with Gasteiger partial charge >= 0.3 is 6.01 Å². The second-order valence-corrected chi connectivity index (χ2v) is 5.07. The van der Waals surface area contributed by atoms with Crippen molar-refractivity contribution in [1.82, 2.24) is 15.0 Å². The molecule has 1 aliphatic rings. The van der Waals surface area contributed by atoms with E-state index in [-0.39, 0.29) is 17.4 Å². The van der Waals surface area contributed by atoms with Gasteiger partial charge in [0.1, 0.15) is 0 Å². The minimum Gasteiger partial charge on any atom is -0.461 e. The Hall–Kier alpha value is -1.14. The lowest BCUT2D eigenvalue weighted by Gasteiger charge is -2.11. The number of halogens is 1.